The van der Waals surface area contributed by atoms with Crippen LogP contribution >= 0.6 is 11.3 Å². The largest absolute Gasteiger partial charge is 0.385 e. The summed E-state index contributed by atoms with van der Waals surface area (Å²) in [4.78, 5) is 2.62. The predicted octanol–water partition coefficient (Wildman–Crippen LogP) is 2.34. The first-order valence-corrected chi connectivity index (χ1v) is 7.79. The second-order valence-electron chi connectivity index (χ2n) is 4.93. The Kier molecular flexibility index (Phi) is 6.14. The Balaban J connectivity index is 1.61. The summed E-state index contributed by atoms with van der Waals surface area (Å²) < 4.78 is 5.04. The van der Waals surface area contributed by atoms with Gasteiger partial charge in [0.15, 0.2) is 0 Å². The molecule has 1 heterocycles. The first-order valence-electron chi connectivity index (χ1n) is 6.85. The van der Waals surface area contributed by atoms with Crippen molar-refractivity contribution in [3.05, 3.63) is 22.4 Å². The van der Waals surface area contributed by atoms with Crippen molar-refractivity contribution in [2.24, 2.45) is 0 Å². The van der Waals surface area contributed by atoms with E-state index >= 15 is 0 Å². The lowest BCUT2D eigenvalue weighted by molar-refractivity contribution is 0.193. The molecule has 0 bridgehead atoms. The Morgan fingerprint density at radius 2 is 2.33 bits per heavy atom. The number of methoxy groups -OCH3 is 1. The number of ether oxygens (including phenoxy) is 1. The van der Waals surface area contributed by atoms with Crippen molar-refractivity contribution in [2.45, 2.75) is 31.8 Å². The van der Waals surface area contributed by atoms with Gasteiger partial charge in [0.2, 0.25) is 0 Å². The molecule has 18 heavy (non-hydrogen) atoms. The molecule has 3 nitrogen and oxygen atoms in total. The van der Waals surface area contributed by atoms with E-state index in [0.29, 0.717) is 0 Å². The van der Waals surface area contributed by atoms with Crippen LogP contribution in [-0.4, -0.2) is 44.3 Å². The maximum Gasteiger partial charge on any atom is 0.0474 e. The first kappa shape index (κ1) is 14.0. The van der Waals surface area contributed by atoms with Crippen LogP contribution in [0, 0.1) is 0 Å². The van der Waals surface area contributed by atoms with Crippen molar-refractivity contribution in [1.29, 1.82) is 0 Å². The summed E-state index contributed by atoms with van der Waals surface area (Å²) >= 11 is 1.79. The molecule has 1 N–H and O–H groups in total. The molecule has 1 aromatic heterocycles. The number of hydrogen-bond donors (Lipinski definition) is 1. The van der Waals surface area contributed by atoms with Crippen LogP contribution < -0.4 is 5.32 Å². The number of nitrogens with zero attached hydrogens (tertiary/aromatic N) is 1. The van der Waals surface area contributed by atoms with E-state index in [1.807, 2.05) is 0 Å². The van der Waals surface area contributed by atoms with E-state index in [-0.39, 0.29) is 0 Å². The van der Waals surface area contributed by atoms with Crippen LogP contribution in [0.4, 0.5) is 0 Å². The normalized spacial score (nSPS) is 15.4. The maximum absolute atomic E-state index is 5.04. The van der Waals surface area contributed by atoms with Crippen molar-refractivity contribution >= 4 is 11.3 Å². The summed E-state index contributed by atoms with van der Waals surface area (Å²) in [6.07, 6.45) is 3.87. The highest BCUT2D eigenvalue weighted by molar-refractivity contribution is 7.07. The van der Waals surface area contributed by atoms with Crippen LogP contribution in [0.3, 0.4) is 0 Å². The van der Waals surface area contributed by atoms with E-state index in [1.54, 1.807) is 18.4 Å². The Bertz CT molecular complexity index is 312. The fourth-order valence-electron chi connectivity index (χ4n) is 2.14. The third-order valence-corrected chi connectivity index (χ3v) is 4.04. The predicted molar refractivity (Wildman–Crippen MR) is 77.1 cm³/mol. The van der Waals surface area contributed by atoms with Crippen LogP contribution in [0.25, 0.3) is 0 Å². The molecule has 1 fully saturated rings. The van der Waals surface area contributed by atoms with E-state index < -0.39 is 0 Å². The minimum absolute atomic E-state index is 0.839. The lowest BCUT2D eigenvalue weighted by atomic mass is 10.3. The van der Waals surface area contributed by atoms with Gasteiger partial charge < -0.3 is 10.1 Å². The number of thiophene rings is 1. The smallest absolute Gasteiger partial charge is 0.0474 e. The zero-order valence-corrected chi connectivity index (χ0v) is 12.0. The van der Waals surface area contributed by atoms with Gasteiger partial charge in [-0.2, -0.15) is 11.3 Å². The van der Waals surface area contributed by atoms with Gasteiger partial charge in [0.25, 0.3) is 0 Å². The SMILES string of the molecule is COCCCNCCN(Cc1ccsc1)C1CC1. The number of hydrogen-bond acceptors (Lipinski definition) is 4. The molecule has 1 saturated carbocycles. The van der Waals surface area contributed by atoms with Gasteiger partial charge >= 0.3 is 0 Å². The average molecular weight is 268 g/mol. The van der Waals surface area contributed by atoms with Crippen LogP contribution in [0.5, 0.6) is 0 Å². The molecule has 0 aromatic carbocycles. The van der Waals surface area contributed by atoms with E-state index in [1.165, 1.54) is 18.4 Å². The standard InChI is InChI=1S/C14H24N2OS/c1-17-9-2-6-15-7-8-16(14-3-4-14)11-13-5-10-18-12-13/h5,10,12,14-15H,2-4,6-9,11H2,1H3. The fourth-order valence-corrected chi connectivity index (χ4v) is 2.80. The second-order valence-corrected chi connectivity index (χ2v) is 5.71. The van der Waals surface area contributed by atoms with E-state index in [9.17, 15) is 0 Å². The lowest BCUT2D eigenvalue weighted by Gasteiger charge is -2.21. The summed E-state index contributed by atoms with van der Waals surface area (Å²) in [6.45, 7) is 5.28. The molecule has 0 radical (unpaired) electrons. The molecule has 0 amide bonds. The molecule has 0 aliphatic heterocycles. The highest BCUT2D eigenvalue weighted by Crippen LogP contribution is 2.28. The zero-order valence-electron chi connectivity index (χ0n) is 11.2. The van der Waals surface area contributed by atoms with Gasteiger partial charge in [-0.3, -0.25) is 4.90 Å². The summed E-state index contributed by atoms with van der Waals surface area (Å²) in [6, 6.07) is 3.08. The van der Waals surface area contributed by atoms with Gasteiger partial charge in [0.1, 0.15) is 0 Å². The lowest BCUT2D eigenvalue weighted by Crippen LogP contribution is -2.33. The van der Waals surface area contributed by atoms with Crippen LogP contribution in [-0.2, 0) is 11.3 Å². The molecule has 1 aliphatic carbocycles. The fraction of sp³-hybridized carbons (Fsp3) is 0.714. The van der Waals surface area contributed by atoms with Gasteiger partial charge in [0.05, 0.1) is 0 Å². The minimum Gasteiger partial charge on any atom is -0.385 e. The van der Waals surface area contributed by atoms with Gasteiger partial charge in [-0.15, -0.1) is 0 Å². The Labute approximate surface area is 114 Å². The van der Waals surface area contributed by atoms with Crippen LogP contribution in [0.15, 0.2) is 16.8 Å². The molecule has 0 spiro atoms. The molecule has 0 atom stereocenters. The molecular formula is C14H24N2OS. The van der Waals surface area contributed by atoms with Gasteiger partial charge in [0, 0.05) is 39.4 Å². The summed E-state index contributed by atoms with van der Waals surface area (Å²) in [7, 11) is 1.76. The second kappa shape index (κ2) is 7.89. The Morgan fingerprint density at radius 3 is 3.00 bits per heavy atom. The molecule has 1 aliphatic rings. The molecule has 0 unspecified atom stereocenters. The molecule has 1 aromatic rings. The maximum atomic E-state index is 5.04. The summed E-state index contributed by atoms with van der Waals surface area (Å²) in [5.74, 6) is 0. The molecular weight excluding hydrogens is 244 g/mol. The molecule has 0 saturated heterocycles. The topological polar surface area (TPSA) is 24.5 Å². The van der Waals surface area contributed by atoms with Gasteiger partial charge in [-0.1, -0.05) is 0 Å². The van der Waals surface area contributed by atoms with Crippen molar-refractivity contribution < 1.29 is 4.74 Å². The van der Waals surface area contributed by atoms with Crippen molar-refractivity contribution in [1.82, 2.24) is 10.2 Å². The first-order chi connectivity index (χ1) is 8.90. The molecule has 2 rings (SSSR count). The highest BCUT2D eigenvalue weighted by Gasteiger charge is 2.28. The third kappa shape index (κ3) is 5.06. The quantitative estimate of drug-likeness (QED) is 0.659. The molecule has 4 heteroatoms. The summed E-state index contributed by atoms with van der Waals surface area (Å²) in [5.41, 5.74) is 1.46. The highest BCUT2D eigenvalue weighted by atomic mass is 32.1. The Morgan fingerprint density at radius 1 is 1.44 bits per heavy atom. The third-order valence-electron chi connectivity index (χ3n) is 3.31. The van der Waals surface area contributed by atoms with Gasteiger partial charge in [-0.05, 0) is 48.2 Å². The van der Waals surface area contributed by atoms with Crippen molar-refractivity contribution in [3.8, 4) is 0 Å². The van der Waals surface area contributed by atoms with Crippen molar-refractivity contribution in [2.75, 3.05) is 33.4 Å². The van der Waals surface area contributed by atoms with Gasteiger partial charge in [-0.25, -0.2) is 0 Å². The number of rotatable bonds is 10. The zero-order chi connectivity index (χ0) is 12.6. The van der Waals surface area contributed by atoms with E-state index in [0.717, 1.165) is 45.2 Å². The van der Waals surface area contributed by atoms with Crippen LogP contribution in [0.1, 0.15) is 24.8 Å². The monoisotopic (exact) mass is 268 g/mol. The van der Waals surface area contributed by atoms with E-state index in [2.05, 4.69) is 27.0 Å². The minimum atomic E-state index is 0.839. The van der Waals surface area contributed by atoms with Crippen molar-refractivity contribution in [3.63, 3.8) is 0 Å². The number of nitrogens with one attached hydrogen (secondary N) is 1. The van der Waals surface area contributed by atoms with Crippen LogP contribution in [0.2, 0.25) is 0 Å². The Hall–Kier alpha value is -0.420. The average Bonchev–Trinajstić information content (AvgIpc) is 3.10. The summed E-state index contributed by atoms with van der Waals surface area (Å²) in [5, 5.41) is 7.93. The molecule has 102 valence electrons. The van der Waals surface area contributed by atoms with E-state index in [4.69, 9.17) is 4.74 Å².